The lowest BCUT2D eigenvalue weighted by Crippen LogP contribution is -2.14. The third-order valence-corrected chi connectivity index (χ3v) is 7.14. The number of aryl methyl sites for hydroxylation is 3. The number of carbonyl (C=O) groups excluding carboxylic acids is 2. The maximum absolute atomic E-state index is 13.0. The summed E-state index contributed by atoms with van der Waals surface area (Å²) in [6.07, 6.45) is 0. The fourth-order valence-corrected chi connectivity index (χ4v) is 4.91. The molecule has 2 amide bonds. The van der Waals surface area contributed by atoms with Gasteiger partial charge >= 0.3 is 0 Å². The van der Waals surface area contributed by atoms with Crippen molar-refractivity contribution >= 4 is 57.3 Å². The smallest absolute Gasteiger partial charge is 0.263 e. The summed E-state index contributed by atoms with van der Waals surface area (Å²) in [4.78, 5) is 25.3. The average molecular weight is 514 g/mol. The molecule has 2 aromatic carbocycles. The summed E-state index contributed by atoms with van der Waals surface area (Å²) in [6, 6.07) is 13.0. The van der Waals surface area contributed by atoms with Gasteiger partial charge in [-0.05, 0) is 44.0 Å². The molecule has 0 saturated carbocycles. The van der Waals surface area contributed by atoms with Crippen molar-refractivity contribution in [3.63, 3.8) is 0 Å². The zero-order chi connectivity index (χ0) is 24.2. The SMILES string of the molecule is Cc1ccc(C)c(NC(=O)CSc2nnc(NC(=O)c3c(-c4ccccc4Cl)noc3C)s2)c1. The third kappa shape index (κ3) is 5.46. The first-order valence-corrected chi connectivity index (χ1v) is 12.4. The molecule has 2 N–H and O–H groups in total. The van der Waals surface area contributed by atoms with E-state index in [4.69, 9.17) is 16.1 Å². The molecule has 0 bridgehead atoms. The fourth-order valence-electron chi connectivity index (χ4n) is 3.14. The van der Waals surface area contributed by atoms with Gasteiger partial charge in [0.05, 0.1) is 10.8 Å². The molecule has 0 unspecified atom stereocenters. The highest BCUT2D eigenvalue weighted by Gasteiger charge is 2.24. The van der Waals surface area contributed by atoms with E-state index in [9.17, 15) is 9.59 Å². The van der Waals surface area contributed by atoms with E-state index in [2.05, 4.69) is 26.0 Å². The van der Waals surface area contributed by atoms with Crippen LogP contribution in [0.5, 0.6) is 0 Å². The summed E-state index contributed by atoms with van der Waals surface area (Å²) in [5.74, 6) is -0.0650. The van der Waals surface area contributed by atoms with E-state index < -0.39 is 5.91 Å². The number of aromatic nitrogens is 3. The number of carbonyl (C=O) groups is 2. The quantitative estimate of drug-likeness (QED) is 0.239. The molecule has 4 aromatic rings. The van der Waals surface area contributed by atoms with Gasteiger partial charge in [-0.1, -0.05) is 70.2 Å². The minimum atomic E-state index is -0.436. The van der Waals surface area contributed by atoms with Gasteiger partial charge in [0.15, 0.2) is 4.34 Å². The number of benzene rings is 2. The summed E-state index contributed by atoms with van der Waals surface area (Å²) in [5, 5.41) is 18.5. The molecule has 0 atom stereocenters. The molecular weight excluding hydrogens is 494 g/mol. The van der Waals surface area contributed by atoms with Crippen LogP contribution in [0, 0.1) is 20.8 Å². The van der Waals surface area contributed by atoms with Gasteiger partial charge in [-0.15, -0.1) is 10.2 Å². The number of rotatable bonds is 7. The monoisotopic (exact) mass is 513 g/mol. The molecule has 0 spiro atoms. The van der Waals surface area contributed by atoms with E-state index in [1.165, 1.54) is 23.1 Å². The van der Waals surface area contributed by atoms with Crippen molar-refractivity contribution in [3.8, 4) is 11.3 Å². The molecule has 4 rings (SSSR count). The first kappa shape index (κ1) is 23.9. The fraction of sp³-hybridized carbons (Fsp3) is 0.174. The van der Waals surface area contributed by atoms with Gasteiger partial charge in [0.1, 0.15) is 17.0 Å². The number of nitrogens with zero attached hydrogens (tertiary/aromatic N) is 3. The molecule has 0 aliphatic carbocycles. The van der Waals surface area contributed by atoms with Gasteiger partial charge < -0.3 is 9.84 Å². The predicted molar refractivity (Wildman–Crippen MR) is 135 cm³/mol. The van der Waals surface area contributed by atoms with Gasteiger partial charge in [-0.25, -0.2) is 0 Å². The Labute approximate surface area is 209 Å². The molecule has 174 valence electrons. The zero-order valence-corrected chi connectivity index (χ0v) is 20.9. The van der Waals surface area contributed by atoms with E-state index in [-0.39, 0.29) is 17.2 Å². The Morgan fingerprint density at radius 3 is 2.68 bits per heavy atom. The maximum atomic E-state index is 13.0. The molecule has 0 aliphatic heterocycles. The number of nitrogens with one attached hydrogen (secondary N) is 2. The highest BCUT2D eigenvalue weighted by Crippen LogP contribution is 2.32. The molecule has 0 fully saturated rings. The first-order valence-electron chi connectivity index (χ1n) is 10.2. The van der Waals surface area contributed by atoms with E-state index in [0.717, 1.165) is 16.8 Å². The standard InChI is InChI=1S/C23H20ClN5O3S2/c1-12-8-9-13(2)17(10-12)25-18(30)11-33-23-28-27-22(34-23)26-21(31)19-14(3)32-29-20(19)15-6-4-5-7-16(15)24/h4-10H,11H2,1-3H3,(H,25,30)(H,26,27,31). The maximum Gasteiger partial charge on any atom is 0.263 e. The number of thioether (sulfide) groups is 1. The Morgan fingerprint density at radius 2 is 1.88 bits per heavy atom. The Balaban J connectivity index is 1.40. The van der Waals surface area contributed by atoms with Crippen LogP contribution < -0.4 is 10.6 Å². The van der Waals surface area contributed by atoms with Crippen molar-refractivity contribution in [1.82, 2.24) is 15.4 Å². The van der Waals surface area contributed by atoms with Crippen LogP contribution in [0.1, 0.15) is 27.2 Å². The number of amides is 2. The van der Waals surface area contributed by atoms with Gasteiger partial charge in [-0.2, -0.15) is 0 Å². The van der Waals surface area contributed by atoms with Crippen LogP contribution in [-0.4, -0.2) is 32.9 Å². The lowest BCUT2D eigenvalue weighted by Gasteiger charge is -2.08. The van der Waals surface area contributed by atoms with Gasteiger partial charge in [0, 0.05) is 11.3 Å². The molecule has 0 radical (unpaired) electrons. The zero-order valence-electron chi connectivity index (χ0n) is 18.5. The highest BCUT2D eigenvalue weighted by atomic mass is 35.5. The number of hydrogen-bond acceptors (Lipinski definition) is 8. The van der Waals surface area contributed by atoms with Crippen molar-refractivity contribution in [2.24, 2.45) is 0 Å². The van der Waals surface area contributed by atoms with Crippen LogP contribution in [-0.2, 0) is 4.79 Å². The summed E-state index contributed by atoms with van der Waals surface area (Å²) in [5.41, 5.74) is 4.06. The van der Waals surface area contributed by atoms with Crippen LogP contribution in [0.2, 0.25) is 5.02 Å². The topological polar surface area (TPSA) is 110 Å². The van der Waals surface area contributed by atoms with Crippen molar-refractivity contribution in [2.75, 3.05) is 16.4 Å². The lowest BCUT2D eigenvalue weighted by molar-refractivity contribution is -0.113. The van der Waals surface area contributed by atoms with Crippen molar-refractivity contribution in [2.45, 2.75) is 25.1 Å². The second-order valence-corrected chi connectivity index (χ2v) is 10.0. The Kier molecular flexibility index (Phi) is 7.30. The molecule has 2 aromatic heterocycles. The molecule has 2 heterocycles. The van der Waals surface area contributed by atoms with Crippen LogP contribution in [0.25, 0.3) is 11.3 Å². The Bertz CT molecular complexity index is 1370. The molecule has 11 heteroatoms. The second-order valence-electron chi connectivity index (χ2n) is 7.42. The van der Waals surface area contributed by atoms with E-state index in [1.807, 2.05) is 32.0 Å². The molecule has 8 nitrogen and oxygen atoms in total. The summed E-state index contributed by atoms with van der Waals surface area (Å²) in [7, 11) is 0. The normalized spacial score (nSPS) is 10.8. The molecular formula is C23H20ClN5O3S2. The summed E-state index contributed by atoms with van der Waals surface area (Å²) >= 11 is 8.68. The average Bonchev–Trinajstić information content (AvgIpc) is 3.41. The Hall–Kier alpha value is -3.21. The minimum Gasteiger partial charge on any atom is -0.360 e. The van der Waals surface area contributed by atoms with Crippen LogP contribution in [0.3, 0.4) is 0 Å². The van der Waals surface area contributed by atoms with Crippen molar-refractivity contribution < 1.29 is 14.1 Å². The molecule has 0 saturated heterocycles. The second kappa shape index (κ2) is 10.4. The largest absolute Gasteiger partial charge is 0.360 e. The van der Waals surface area contributed by atoms with E-state index in [1.54, 1.807) is 31.2 Å². The van der Waals surface area contributed by atoms with Crippen molar-refractivity contribution in [1.29, 1.82) is 0 Å². The predicted octanol–water partition coefficient (Wildman–Crippen LogP) is 5.75. The lowest BCUT2D eigenvalue weighted by atomic mass is 10.1. The van der Waals surface area contributed by atoms with Crippen molar-refractivity contribution in [3.05, 3.63) is 69.9 Å². The van der Waals surface area contributed by atoms with Crippen LogP contribution in [0.15, 0.2) is 51.3 Å². The minimum absolute atomic E-state index is 0.149. The number of hydrogen-bond donors (Lipinski definition) is 2. The van der Waals surface area contributed by atoms with Gasteiger partial charge in [-0.3, -0.25) is 14.9 Å². The van der Waals surface area contributed by atoms with E-state index in [0.29, 0.717) is 31.5 Å². The highest BCUT2D eigenvalue weighted by molar-refractivity contribution is 8.01. The van der Waals surface area contributed by atoms with Crippen LogP contribution in [0.4, 0.5) is 10.8 Å². The molecule has 34 heavy (non-hydrogen) atoms. The third-order valence-electron chi connectivity index (χ3n) is 4.84. The molecule has 0 aliphatic rings. The number of halogens is 1. The van der Waals surface area contributed by atoms with Crippen LogP contribution >= 0.6 is 34.7 Å². The first-order chi connectivity index (χ1) is 16.3. The summed E-state index contributed by atoms with van der Waals surface area (Å²) in [6.45, 7) is 5.56. The van der Waals surface area contributed by atoms with Gasteiger partial charge in [0.25, 0.3) is 5.91 Å². The summed E-state index contributed by atoms with van der Waals surface area (Å²) < 4.78 is 5.80. The Morgan fingerprint density at radius 1 is 1.09 bits per heavy atom. The van der Waals surface area contributed by atoms with E-state index >= 15 is 0 Å². The number of anilines is 2. The van der Waals surface area contributed by atoms with Gasteiger partial charge in [0.2, 0.25) is 11.0 Å².